The van der Waals surface area contributed by atoms with Gasteiger partial charge in [-0.2, -0.15) is 0 Å². The molecule has 8 atom stereocenters. The number of hydrogen-bond acceptors (Lipinski definition) is 15. The maximum Gasteiger partial charge on any atom is 0.407 e. The SMILES string of the molecule is CC(C)[C@@H]1NC(=O)[C@H](CCCCNC(=O)OC(C)(C)C)NC(=O)[C@@H](CC2=CCc3ccccc32)NC(=O)[C@H](Cc2ccc(O)cc2)CC(=O)[C@@H](NC(=O)[C@@H](Cc2ccccc2)NC(=O)CCSC(c2ccccc2)(c2ccccc2)c2ccccc2)CSSC[C@@H](C(=O)N[C@@H](Cc2c[nH]c3ccccc23)C(N)=O)NC1=O. The van der Waals surface area contributed by atoms with E-state index in [9.17, 15) is 24.3 Å². The van der Waals surface area contributed by atoms with Gasteiger partial charge in [-0.3, -0.25) is 43.2 Å². The molecule has 1 aromatic heterocycles. The van der Waals surface area contributed by atoms with E-state index in [4.69, 9.17) is 10.5 Å². The van der Waals surface area contributed by atoms with Gasteiger partial charge in [-0.1, -0.05) is 217 Å². The Morgan fingerprint density at radius 3 is 1.88 bits per heavy atom. The molecule has 7 aromatic carbocycles. The van der Waals surface area contributed by atoms with Crippen LogP contribution in [0.15, 0.2) is 206 Å². The fraction of sp³-hybridized carbons (Fsp3) is 0.349. The normalized spacial score (nSPS) is 18.8. The van der Waals surface area contributed by atoms with Gasteiger partial charge < -0.3 is 63.1 Å². The van der Waals surface area contributed by atoms with Crippen LogP contribution < -0.4 is 48.3 Å². The summed E-state index contributed by atoms with van der Waals surface area (Å²) in [7, 11) is 2.12. The third-order valence-electron chi connectivity index (χ3n) is 19.5. The molecule has 0 saturated carbocycles. The lowest BCUT2D eigenvalue weighted by Gasteiger charge is -2.35. The van der Waals surface area contributed by atoms with E-state index in [1.807, 2.05) is 140 Å². The summed E-state index contributed by atoms with van der Waals surface area (Å²) in [6.07, 6.45) is 3.30. The molecule has 1 fully saturated rings. The number of phenolic OH excluding ortho intramolecular Hbond substituents is 1. The van der Waals surface area contributed by atoms with E-state index in [1.165, 1.54) is 12.1 Å². The van der Waals surface area contributed by atoms with Crippen LogP contribution in [-0.4, -0.2) is 141 Å². The van der Waals surface area contributed by atoms with Crippen molar-refractivity contribution in [3.05, 3.63) is 251 Å². The van der Waals surface area contributed by atoms with Gasteiger partial charge in [-0.25, -0.2) is 4.79 Å². The molecule has 12 N–H and O–H groups in total. The van der Waals surface area contributed by atoms with Crippen molar-refractivity contribution in [1.82, 2.24) is 47.5 Å². The van der Waals surface area contributed by atoms with E-state index in [0.717, 1.165) is 65.9 Å². The molecule has 22 nitrogen and oxygen atoms in total. The van der Waals surface area contributed by atoms with Crippen molar-refractivity contribution in [2.24, 2.45) is 17.6 Å². The smallest absolute Gasteiger partial charge is 0.407 e. The molecule has 10 rings (SSSR count). The Labute approximate surface area is 659 Å². The summed E-state index contributed by atoms with van der Waals surface area (Å²) in [6, 6.07) is 50.8. The highest BCUT2D eigenvalue weighted by molar-refractivity contribution is 8.76. The molecule has 1 aliphatic heterocycles. The lowest BCUT2D eigenvalue weighted by Crippen LogP contribution is -2.60. The molecule has 25 heteroatoms. The van der Waals surface area contributed by atoms with Crippen molar-refractivity contribution in [3.8, 4) is 5.75 Å². The Hall–Kier alpha value is -10.6. The third-order valence-corrected chi connectivity index (χ3v) is 23.4. The number of aromatic amines is 1. The number of aromatic hydroxyl groups is 1. The molecule has 0 radical (unpaired) electrons. The van der Waals surface area contributed by atoms with E-state index in [2.05, 4.69) is 83.9 Å². The zero-order valence-electron chi connectivity index (χ0n) is 63.0. The highest BCUT2D eigenvalue weighted by Gasteiger charge is 2.40. The summed E-state index contributed by atoms with van der Waals surface area (Å²) in [5.74, 6) is -8.68. The highest BCUT2D eigenvalue weighted by atomic mass is 33.1. The summed E-state index contributed by atoms with van der Waals surface area (Å²) >= 11 is 1.58. The number of primary amides is 1. The van der Waals surface area contributed by atoms with Crippen molar-refractivity contribution in [1.29, 1.82) is 0 Å². The predicted octanol–water partition coefficient (Wildman–Crippen LogP) is 10.2. The molecule has 0 spiro atoms. The number of carbonyl (C=O) groups is 10. The lowest BCUT2D eigenvalue weighted by atomic mass is 9.84. The van der Waals surface area contributed by atoms with Crippen molar-refractivity contribution < 1.29 is 57.8 Å². The van der Waals surface area contributed by atoms with Crippen LogP contribution in [0.3, 0.4) is 0 Å². The number of benzene rings is 7. The number of ketones is 1. The van der Waals surface area contributed by atoms with Gasteiger partial charge >= 0.3 is 6.09 Å². The van der Waals surface area contributed by atoms with Crippen LogP contribution in [-0.2, 0) is 78.3 Å². The maximum absolute atomic E-state index is 15.7. The second kappa shape index (κ2) is 39.8. The van der Waals surface area contributed by atoms with Crippen molar-refractivity contribution in [2.75, 3.05) is 23.8 Å². The van der Waals surface area contributed by atoms with Crippen LogP contribution in [0, 0.1) is 11.8 Å². The first-order valence-corrected chi connectivity index (χ1v) is 41.0. The fourth-order valence-corrected chi connectivity index (χ4v) is 17.6. The molecule has 2 aliphatic rings. The first-order chi connectivity index (χ1) is 53.4. The fourth-order valence-electron chi connectivity index (χ4n) is 13.7. The van der Waals surface area contributed by atoms with Crippen LogP contribution in [0.4, 0.5) is 4.79 Å². The van der Waals surface area contributed by atoms with Gasteiger partial charge in [0.1, 0.15) is 47.6 Å². The van der Waals surface area contributed by atoms with Crippen molar-refractivity contribution in [2.45, 2.75) is 151 Å². The summed E-state index contributed by atoms with van der Waals surface area (Å²) in [6.45, 7) is 8.70. The molecule has 1 aliphatic carbocycles. The predicted molar refractivity (Wildman–Crippen MR) is 437 cm³/mol. The standard InChI is InChI=1S/C86H98N10O12S3/c1-54(2)76-83(106)95-73(82(105)92-69(77(87)100)49-60-51-89-67-35-21-20-34-66(60)67)53-111-110-52-72(94-80(103)70(47-55-24-10-6-11-25-55)90-75(99)43-45-109-86(61-27-12-7-13-28-61,62-29-14-8-15-30-62)63-31-16-9-17-32-63)74(98)50-59(46-56-37-41-64(97)42-38-56)78(101)93-71(48-58-40-39-57-26-18-19-33-65(57)58)81(104)91-68(79(102)96-76)36-22-23-44-88-84(107)108-85(3,4)5/h6-21,24-35,37-38,40-42,51,54,59,68-73,76,89,97H,22-23,36,39,43-50,52-53H2,1-5H3,(H2,87,100)(H,88,107)(H,90,99)(H,91,104)(H,92,105)(H,93,101)(H,94,103)(H,95,106)(H,96,102)/t59-,68+,69+,70-,71-,72+,73+,76+/m1/s1. The first-order valence-electron chi connectivity index (χ1n) is 37.5. The van der Waals surface area contributed by atoms with Crippen LogP contribution in [0.2, 0.25) is 0 Å². The third kappa shape index (κ3) is 23.5. The summed E-state index contributed by atoms with van der Waals surface area (Å²) < 4.78 is 4.68. The van der Waals surface area contributed by atoms with Gasteiger partial charge in [-0.05, 0) is 127 Å². The average molecular weight is 1560 g/mol. The van der Waals surface area contributed by atoms with E-state index in [1.54, 1.807) is 64.7 Å². The van der Waals surface area contributed by atoms with E-state index < -0.39 is 130 Å². The van der Waals surface area contributed by atoms with Gasteiger partial charge in [0, 0.05) is 78.9 Å². The first kappa shape index (κ1) is 82.9. The number of fused-ring (bicyclic) bond motifs is 2. The summed E-state index contributed by atoms with van der Waals surface area (Å²) in [5.41, 5.74) is 13.5. The number of aromatic nitrogens is 1. The van der Waals surface area contributed by atoms with Crippen molar-refractivity contribution >= 4 is 109 Å². The van der Waals surface area contributed by atoms with Crippen LogP contribution >= 0.6 is 33.3 Å². The zero-order chi connectivity index (χ0) is 79.0. The second-order valence-electron chi connectivity index (χ2n) is 29.2. The number of hydrogen-bond donors (Lipinski definition) is 11. The topological polar surface area (TPSA) is 338 Å². The van der Waals surface area contributed by atoms with Gasteiger partial charge in [-0.15, -0.1) is 11.8 Å². The number of rotatable bonds is 27. The number of phenols is 1. The van der Waals surface area contributed by atoms with Gasteiger partial charge in [0.2, 0.25) is 47.3 Å². The van der Waals surface area contributed by atoms with Gasteiger partial charge in [0.15, 0.2) is 5.78 Å². The zero-order valence-corrected chi connectivity index (χ0v) is 65.4. The number of ether oxygens (including phenoxy) is 1. The van der Waals surface area contributed by atoms with E-state index in [-0.39, 0.29) is 68.7 Å². The Kier molecular flexibility index (Phi) is 29.7. The summed E-state index contributed by atoms with van der Waals surface area (Å²) in [4.78, 5) is 151. The van der Waals surface area contributed by atoms with Crippen LogP contribution in [0.1, 0.15) is 118 Å². The molecule has 111 heavy (non-hydrogen) atoms. The molecular weight excluding hydrogens is 1460 g/mol. The number of H-pyrrole nitrogens is 1. The number of allylic oxidation sites excluding steroid dienone is 1. The molecule has 2 heterocycles. The minimum atomic E-state index is -1.46. The monoisotopic (exact) mass is 1560 g/mol. The van der Waals surface area contributed by atoms with Gasteiger partial charge in [0.25, 0.3) is 0 Å². The quantitative estimate of drug-likeness (QED) is 0.0130. The number of thioether (sulfide) groups is 1. The van der Waals surface area contributed by atoms with Crippen LogP contribution in [0.5, 0.6) is 5.75 Å². The second-order valence-corrected chi connectivity index (χ2v) is 33.1. The maximum atomic E-state index is 15.7. The number of carbonyl (C=O) groups excluding carboxylic acids is 10. The highest BCUT2D eigenvalue weighted by Crippen LogP contribution is 2.49. The molecule has 1 saturated heterocycles. The number of unbranched alkanes of at least 4 members (excludes halogenated alkanes) is 1. The number of amides is 9. The number of nitrogens with two attached hydrogens (primary N) is 1. The summed E-state index contributed by atoms with van der Waals surface area (Å²) in [5, 5.41) is 34.4. The number of nitrogens with one attached hydrogen (secondary N) is 9. The average Bonchev–Trinajstić information content (AvgIpc) is 1.48. The molecular formula is C86H98N10O12S3. The number of para-hydroxylation sites is 1. The Morgan fingerprint density at radius 2 is 1.23 bits per heavy atom. The van der Waals surface area contributed by atoms with E-state index >= 15 is 28.8 Å². The van der Waals surface area contributed by atoms with Gasteiger partial charge in [0.05, 0.1) is 10.8 Å². The molecule has 0 bridgehead atoms. The Balaban J connectivity index is 0.994. The lowest BCUT2D eigenvalue weighted by molar-refractivity contribution is -0.136. The molecule has 0 unspecified atom stereocenters. The number of alkyl carbamates (subject to hydrolysis) is 1. The Bertz CT molecular complexity index is 4470. The number of Topliss-reactive ketones (excluding diaryl/α,β-unsaturated/α-hetero) is 1. The molecule has 582 valence electrons. The minimum Gasteiger partial charge on any atom is -0.508 e. The van der Waals surface area contributed by atoms with Crippen molar-refractivity contribution in [3.63, 3.8) is 0 Å². The molecule has 8 aromatic rings. The Morgan fingerprint density at radius 1 is 0.631 bits per heavy atom. The van der Waals surface area contributed by atoms with Crippen LogP contribution in [0.25, 0.3) is 16.5 Å². The van der Waals surface area contributed by atoms with E-state index in [0.29, 0.717) is 35.3 Å². The largest absolute Gasteiger partial charge is 0.508 e. The minimum absolute atomic E-state index is 0.000325. The molecule has 9 amide bonds.